The van der Waals surface area contributed by atoms with E-state index in [0.717, 1.165) is 12.1 Å². The molecule has 0 saturated heterocycles. The van der Waals surface area contributed by atoms with Crippen molar-refractivity contribution in [2.45, 2.75) is 24.5 Å². The van der Waals surface area contributed by atoms with Gasteiger partial charge >= 0.3 is 0 Å². The summed E-state index contributed by atoms with van der Waals surface area (Å²) in [7, 11) is 0. The van der Waals surface area contributed by atoms with Crippen LogP contribution in [-0.2, 0) is 11.2 Å². The molecule has 132 valence electrons. The molecule has 26 heavy (non-hydrogen) atoms. The molecule has 0 spiro atoms. The number of hydrogen-bond acceptors (Lipinski definition) is 5. The van der Waals surface area contributed by atoms with Crippen molar-refractivity contribution in [1.82, 2.24) is 20.2 Å². The molecule has 0 aliphatic carbocycles. The van der Waals surface area contributed by atoms with Gasteiger partial charge in [-0.3, -0.25) is 4.79 Å². The number of fused-ring (bicyclic) bond motifs is 1. The Morgan fingerprint density at radius 1 is 1.27 bits per heavy atom. The minimum Gasteiger partial charge on any atom is -0.308 e. The van der Waals surface area contributed by atoms with Crippen molar-refractivity contribution in [1.29, 1.82) is 0 Å². The van der Waals surface area contributed by atoms with Crippen molar-refractivity contribution < 1.29 is 9.18 Å². The summed E-state index contributed by atoms with van der Waals surface area (Å²) in [6.45, 7) is 2.04. The van der Waals surface area contributed by atoms with Gasteiger partial charge in [-0.2, -0.15) is 4.68 Å². The summed E-state index contributed by atoms with van der Waals surface area (Å²) in [5, 5.41) is 12.0. The van der Waals surface area contributed by atoms with Gasteiger partial charge in [0, 0.05) is 11.7 Å². The molecule has 2 heterocycles. The summed E-state index contributed by atoms with van der Waals surface area (Å²) in [5.41, 5.74) is 2.67. The number of hydrogen-bond donors (Lipinski definition) is 0. The van der Waals surface area contributed by atoms with Crippen LogP contribution in [0.4, 0.5) is 10.1 Å². The Morgan fingerprint density at radius 2 is 2.12 bits per heavy atom. The second-order valence-corrected chi connectivity index (χ2v) is 7.03. The first-order valence-corrected chi connectivity index (χ1v) is 9.19. The Hall–Kier alpha value is -2.74. The van der Waals surface area contributed by atoms with Crippen LogP contribution in [-0.4, -0.2) is 37.9 Å². The van der Waals surface area contributed by atoms with E-state index in [1.807, 2.05) is 30.0 Å². The number of amides is 1. The lowest BCUT2D eigenvalue weighted by Crippen LogP contribution is -2.37. The molecule has 1 aliphatic rings. The van der Waals surface area contributed by atoms with Gasteiger partial charge in [0.25, 0.3) is 0 Å². The molecule has 0 fully saturated rings. The molecular formula is C18H16FN5OS. The van der Waals surface area contributed by atoms with Crippen LogP contribution in [0.1, 0.15) is 12.5 Å². The second-order valence-electron chi connectivity index (χ2n) is 6.09. The van der Waals surface area contributed by atoms with Crippen molar-refractivity contribution in [3.8, 4) is 5.69 Å². The second kappa shape index (κ2) is 6.87. The van der Waals surface area contributed by atoms with Crippen molar-refractivity contribution in [3.63, 3.8) is 0 Å². The van der Waals surface area contributed by atoms with Crippen LogP contribution in [0.5, 0.6) is 0 Å². The number of nitrogens with zero attached hydrogens (tertiary/aromatic N) is 5. The van der Waals surface area contributed by atoms with E-state index in [2.05, 4.69) is 21.6 Å². The monoisotopic (exact) mass is 369 g/mol. The van der Waals surface area contributed by atoms with E-state index in [-0.39, 0.29) is 23.5 Å². The molecule has 1 amide bonds. The number of benzene rings is 2. The highest BCUT2D eigenvalue weighted by molar-refractivity contribution is 7.99. The van der Waals surface area contributed by atoms with Crippen molar-refractivity contribution in [2.24, 2.45) is 0 Å². The number of halogens is 1. The highest BCUT2D eigenvalue weighted by Gasteiger charge is 2.30. The quantitative estimate of drug-likeness (QED) is 0.662. The van der Waals surface area contributed by atoms with Crippen LogP contribution in [0, 0.1) is 5.82 Å². The first kappa shape index (κ1) is 16.7. The molecule has 0 bridgehead atoms. The zero-order valence-electron chi connectivity index (χ0n) is 14.0. The third kappa shape index (κ3) is 3.08. The molecule has 6 nitrogen and oxygen atoms in total. The van der Waals surface area contributed by atoms with Gasteiger partial charge in [0.15, 0.2) is 0 Å². The van der Waals surface area contributed by atoms with Crippen LogP contribution < -0.4 is 4.90 Å². The van der Waals surface area contributed by atoms with E-state index in [1.54, 1.807) is 12.1 Å². The SMILES string of the molecule is C[C@@H]1Cc2ccccc2N1C(=O)CSc1nnnn1-c1cccc(F)c1. The van der Waals surface area contributed by atoms with E-state index in [0.29, 0.717) is 10.8 Å². The summed E-state index contributed by atoms with van der Waals surface area (Å²) in [4.78, 5) is 14.6. The predicted octanol–water partition coefficient (Wildman–Crippen LogP) is 2.87. The standard InChI is InChI=1S/C18H16FN5OS/c1-12-9-13-5-2-3-8-16(13)23(12)17(25)11-26-18-20-21-22-24(18)15-7-4-6-14(19)10-15/h2-8,10,12H,9,11H2,1H3/t12-/m1/s1. The lowest BCUT2D eigenvalue weighted by atomic mass is 10.1. The minimum atomic E-state index is -0.368. The van der Waals surface area contributed by atoms with Crippen LogP contribution in [0.3, 0.4) is 0 Å². The van der Waals surface area contributed by atoms with E-state index in [4.69, 9.17) is 0 Å². The Kier molecular flexibility index (Phi) is 4.42. The van der Waals surface area contributed by atoms with Crippen LogP contribution >= 0.6 is 11.8 Å². The third-order valence-corrected chi connectivity index (χ3v) is 5.20. The van der Waals surface area contributed by atoms with Crippen LogP contribution in [0.25, 0.3) is 5.69 Å². The maximum atomic E-state index is 13.4. The summed E-state index contributed by atoms with van der Waals surface area (Å²) in [6, 6.07) is 14.1. The van der Waals surface area contributed by atoms with Crippen LogP contribution in [0.2, 0.25) is 0 Å². The van der Waals surface area contributed by atoms with Crippen LogP contribution in [0.15, 0.2) is 53.7 Å². The predicted molar refractivity (Wildman–Crippen MR) is 96.9 cm³/mol. The van der Waals surface area contributed by atoms with Gasteiger partial charge in [-0.1, -0.05) is 36.0 Å². The maximum absolute atomic E-state index is 13.4. The molecule has 4 rings (SSSR count). The summed E-state index contributed by atoms with van der Waals surface area (Å²) < 4.78 is 14.9. The molecule has 8 heteroatoms. The molecule has 1 atom stereocenters. The van der Waals surface area contributed by atoms with Gasteiger partial charge in [0.2, 0.25) is 11.1 Å². The first-order chi connectivity index (χ1) is 12.6. The number of anilines is 1. The number of carbonyl (C=O) groups is 1. The molecule has 1 aromatic heterocycles. The fourth-order valence-corrected chi connectivity index (χ4v) is 3.93. The fourth-order valence-electron chi connectivity index (χ4n) is 3.18. The lowest BCUT2D eigenvalue weighted by molar-refractivity contribution is -0.116. The smallest absolute Gasteiger partial charge is 0.237 e. The molecule has 1 aliphatic heterocycles. The van der Waals surface area contributed by atoms with Crippen molar-refractivity contribution >= 4 is 23.4 Å². The Morgan fingerprint density at radius 3 is 2.96 bits per heavy atom. The number of aromatic nitrogens is 4. The number of tetrazole rings is 1. The van der Waals surface area contributed by atoms with Gasteiger partial charge in [-0.25, -0.2) is 4.39 Å². The Bertz CT molecular complexity index is 960. The van der Waals surface area contributed by atoms with E-state index >= 15 is 0 Å². The van der Waals surface area contributed by atoms with Gasteiger partial charge in [-0.05, 0) is 53.6 Å². The van der Waals surface area contributed by atoms with Gasteiger partial charge in [-0.15, -0.1) is 5.10 Å². The molecular weight excluding hydrogens is 353 g/mol. The Labute approximate surface area is 154 Å². The summed E-state index contributed by atoms with van der Waals surface area (Å²) in [6.07, 6.45) is 0.855. The first-order valence-electron chi connectivity index (χ1n) is 8.20. The third-order valence-electron chi connectivity index (χ3n) is 4.29. The number of carbonyl (C=O) groups excluding carboxylic acids is 1. The molecule has 3 aromatic rings. The fraction of sp³-hybridized carbons (Fsp3) is 0.222. The van der Waals surface area contributed by atoms with Gasteiger partial charge in [0.05, 0.1) is 11.4 Å². The summed E-state index contributed by atoms with van der Waals surface area (Å²) >= 11 is 1.24. The highest BCUT2D eigenvalue weighted by Crippen LogP contribution is 2.32. The molecule has 0 radical (unpaired) electrons. The van der Waals surface area contributed by atoms with E-state index < -0.39 is 0 Å². The van der Waals surface area contributed by atoms with E-state index in [9.17, 15) is 9.18 Å². The zero-order valence-corrected chi connectivity index (χ0v) is 14.9. The molecule has 0 saturated carbocycles. The largest absolute Gasteiger partial charge is 0.308 e. The normalized spacial score (nSPS) is 15.9. The van der Waals surface area contributed by atoms with E-state index in [1.165, 1.54) is 34.1 Å². The zero-order chi connectivity index (χ0) is 18.1. The number of para-hydroxylation sites is 1. The van der Waals surface area contributed by atoms with Gasteiger partial charge in [0.1, 0.15) is 5.82 Å². The molecule has 0 unspecified atom stereocenters. The van der Waals surface area contributed by atoms with Crippen molar-refractivity contribution in [3.05, 3.63) is 59.9 Å². The van der Waals surface area contributed by atoms with Crippen molar-refractivity contribution in [2.75, 3.05) is 10.7 Å². The molecule has 0 N–H and O–H groups in total. The molecule has 2 aromatic carbocycles. The number of rotatable bonds is 4. The lowest BCUT2D eigenvalue weighted by Gasteiger charge is -2.22. The average Bonchev–Trinajstić information content (AvgIpc) is 3.23. The average molecular weight is 369 g/mol. The maximum Gasteiger partial charge on any atom is 0.237 e. The highest BCUT2D eigenvalue weighted by atomic mass is 32.2. The Balaban J connectivity index is 1.51. The number of thioether (sulfide) groups is 1. The summed E-state index contributed by atoms with van der Waals surface area (Å²) in [5.74, 6) is -0.164. The topological polar surface area (TPSA) is 63.9 Å². The van der Waals surface area contributed by atoms with Gasteiger partial charge < -0.3 is 4.90 Å². The minimum absolute atomic E-state index is 0.00115.